The van der Waals surface area contributed by atoms with Gasteiger partial charge in [0.1, 0.15) is 11.6 Å². The number of rotatable bonds is 4. The lowest BCUT2D eigenvalue weighted by Crippen LogP contribution is -2.04. The molecule has 0 radical (unpaired) electrons. The third kappa shape index (κ3) is 2.85. The molecule has 1 unspecified atom stereocenters. The van der Waals surface area contributed by atoms with Crippen molar-refractivity contribution in [1.82, 2.24) is 0 Å². The van der Waals surface area contributed by atoms with Crippen LogP contribution in [0, 0.1) is 11.6 Å². The predicted molar refractivity (Wildman–Crippen MR) is 79.3 cm³/mol. The zero-order chi connectivity index (χ0) is 14.7. The number of hydrogen-bond acceptors (Lipinski definition) is 0. The highest BCUT2D eigenvalue weighted by atomic mass is 35.5. The molecule has 0 nitrogen and oxygen atoms in total. The van der Waals surface area contributed by atoms with E-state index in [1.165, 1.54) is 18.2 Å². The van der Waals surface area contributed by atoms with Crippen molar-refractivity contribution in [3.05, 3.63) is 70.3 Å². The lowest BCUT2D eigenvalue weighted by Gasteiger charge is -2.17. The van der Waals surface area contributed by atoms with Crippen LogP contribution < -0.4 is 0 Å². The molecule has 0 saturated carbocycles. The predicted octanol–water partition coefficient (Wildman–Crippen LogP) is 5.42. The van der Waals surface area contributed by atoms with Crippen molar-refractivity contribution in [3.8, 4) is 0 Å². The maximum atomic E-state index is 13.9. The van der Waals surface area contributed by atoms with Crippen LogP contribution in [0.5, 0.6) is 0 Å². The highest BCUT2D eigenvalue weighted by molar-refractivity contribution is 6.22. The van der Waals surface area contributed by atoms with Crippen molar-refractivity contribution < 1.29 is 8.78 Å². The van der Waals surface area contributed by atoms with Gasteiger partial charge >= 0.3 is 0 Å². The average molecular weight is 295 g/mol. The summed E-state index contributed by atoms with van der Waals surface area (Å²) in [5.41, 5.74) is 2.85. The summed E-state index contributed by atoms with van der Waals surface area (Å²) in [5.74, 6) is -1.21. The van der Waals surface area contributed by atoms with E-state index in [4.69, 9.17) is 11.6 Å². The summed E-state index contributed by atoms with van der Waals surface area (Å²) in [6, 6.07) is 9.79. The Morgan fingerprint density at radius 1 is 1.00 bits per heavy atom. The molecule has 0 aliphatic rings. The van der Waals surface area contributed by atoms with Crippen LogP contribution >= 0.6 is 11.6 Å². The molecule has 0 N–H and O–H groups in total. The van der Waals surface area contributed by atoms with Gasteiger partial charge in [0.25, 0.3) is 0 Å². The smallest absolute Gasteiger partial charge is 0.131 e. The maximum Gasteiger partial charge on any atom is 0.131 e. The summed E-state index contributed by atoms with van der Waals surface area (Å²) >= 11 is 6.38. The van der Waals surface area contributed by atoms with Crippen molar-refractivity contribution in [1.29, 1.82) is 0 Å². The van der Waals surface area contributed by atoms with E-state index in [0.717, 1.165) is 29.5 Å². The van der Waals surface area contributed by atoms with Crippen LogP contribution in [-0.2, 0) is 12.8 Å². The normalized spacial score (nSPS) is 12.4. The van der Waals surface area contributed by atoms with Gasteiger partial charge in [-0.2, -0.15) is 0 Å². The van der Waals surface area contributed by atoms with Crippen LogP contribution in [-0.4, -0.2) is 0 Å². The standard InChI is InChI=1S/C17H17ClF2/c1-3-11-8-9-12(4-2)13(10-11)17(18)16-14(19)6-5-7-15(16)20/h5-10,17H,3-4H2,1-2H3. The van der Waals surface area contributed by atoms with Gasteiger partial charge in [0.15, 0.2) is 0 Å². The monoisotopic (exact) mass is 294 g/mol. The van der Waals surface area contributed by atoms with Gasteiger partial charge in [-0.15, -0.1) is 11.6 Å². The Bertz CT molecular complexity index is 588. The summed E-state index contributed by atoms with van der Waals surface area (Å²) in [6.45, 7) is 4.05. The molecule has 0 aromatic heterocycles. The summed E-state index contributed by atoms with van der Waals surface area (Å²) in [5, 5.41) is -0.808. The molecule has 3 heteroatoms. The topological polar surface area (TPSA) is 0 Å². The Kier molecular flexibility index (Phi) is 4.77. The van der Waals surface area contributed by atoms with Crippen molar-refractivity contribution >= 4 is 11.6 Å². The zero-order valence-electron chi connectivity index (χ0n) is 11.6. The largest absolute Gasteiger partial charge is 0.207 e. The lowest BCUT2D eigenvalue weighted by molar-refractivity contribution is 0.559. The third-order valence-electron chi connectivity index (χ3n) is 3.53. The second-order valence-corrected chi connectivity index (χ2v) is 5.17. The van der Waals surface area contributed by atoms with Gasteiger partial charge in [0.2, 0.25) is 0 Å². The Labute approximate surface area is 123 Å². The summed E-state index contributed by atoms with van der Waals surface area (Å²) in [6.07, 6.45) is 1.64. The van der Waals surface area contributed by atoms with E-state index in [-0.39, 0.29) is 5.56 Å². The molecular weight excluding hydrogens is 278 g/mol. The minimum absolute atomic E-state index is 0.0721. The molecular formula is C17H17ClF2. The van der Waals surface area contributed by atoms with Crippen molar-refractivity contribution in [3.63, 3.8) is 0 Å². The van der Waals surface area contributed by atoms with Gasteiger partial charge in [0, 0.05) is 5.56 Å². The first kappa shape index (κ1) is 15.0. The van der Waals surface area contributed by atoms with Crippen LogP contribution in [0.4, 0.5) is 8.78 Å². The molecule has 0 amide bonds. The second kappa shape index (κ2) is 6.36. The molecule has 2 rings (SSSR count). The number of hydrogen-bond donors (Lipinski definition) is 0. The molecule has 106 valence electrons. The Morgan fingerprint density at radius 2 is 1.65 bits per heavy atom. The minimum atomic E-state index is -0.808. The van der Waals surface area contributed by atoms with E-state index < -0.39 is 17.0 Å². The number of aryl methyl sites for hydroxylation is 2. The quantitative estimate of drug-likeness (QED) is 0.661. The fourth-order valence-electron chi connectivity index (χ4n) is 2.33. The van der Waals surface area contributed by atoms with E-state index in [9.17, 15) is 8.78 Å². The molecule has 1 atom stereocenters. The van der Waals surface area contributed by atoms with Crippen LogP contribution in [0.3, 0.4) is 0 Å². The molecule has 0 aliphatic carbocycles. The Morgan fingerprint density at radius 3 is 2.20 bits per heavy atom. The molecule has 0 bridgehead atoms. The van der Waals surface area contributed by atoms with E-state index in [2.05, 4.69) is 0 Å². The summed E-state index contributed by atoms with van der Waals surface area (Å²) in [4.78, 5) is 0. The first-order valence-corrected chi connectivity index (χ1v) is 7.21. The van der Waals surface area contributed by atoms with Gasteiger partial charge in [-0.3, -0.25) is 0 Å². The molecule has 2 aromatic rings. The van der Waals surface area contributed by atoms with Crippen molar-refractivity contribution in [2.45, 2.75) is 32.1 Å². The third-order valence-corrected chi connectivity index (χ3v) is 3.98. The number of halogens is 3. The molecule has 0 saturated heterocycles. The summed E-state index contributed by atoms with van der Waals surface area (Å²) < 4.78 is 27.8. The number of benzene rings is 2. The van der Waals surface area contributed by atoms with E-state index in [0.29, 0.717) is 0 Å². The maximum absolute atomic E-state index is 13.9. The van der Waals surface area contributed by atoms with E-state index in [1.807, 2.05) is 32.0 Å². The van der Waals surface area contributed by atoms with Gasteiger partial charge in [-0.1, -0.05) is 38.1 Å². The molecule has 0 spiro atoms. The average Bonchev–Trinajstić information content (AvgIpc) is 2.46. The molecule has 0 fully saturated rings. The minimum Gasteiger partial charge on any atom is -0.207 e. The van der Waals surface area contributed by atoms with Crippen LogP contribution in [0.1, 0.15) is 41.5 Å². The Hall–Kier alpha value is -1.41. The SMILES string of the molecule is CCc1ccc(CC)c(C(Cl)c2c(F)cccc2F)c1. The molecule has 20 heavy (non-hydrogen) atoms. The van der Waals surface area contributed by atoms with Crippen molar-refractivity contribution in [2.24, 2.45) is 0 Å². The van der Waals surface area contributed by atoms with Gasteiger partial charge in [-0.25, -0.2) is 8.78 Å². The van der Waals surface area contributed by atoms with Gasteiger partial charge in [-0.05, 0) is 41.7 Å². The number of alkyl halides is 1. The zero-order valence-corrected chi connectivity index (χ0v) is 12.3. The Balaban J connectivity index is 2.55. The molecule has 2 aromatic carbocycles. The fraction of sp³-hybridized carbons (Fsp3) is 0.294. The fourth-order valence-corrected chi connectivity index (χ4v) is 2.74. The first-order chi connectivity index (χ1) is 9.58. The van der Waals surface area contributed by atoms with Crippen LogP contribution in [0.2, 0.25) is 0 Å². The van der Waals surface area contributed by atoms with Crippen molar-refractivity contribution in [2.75, 3.05) is 0 Å². The second-order valence-electron chi connectivity index (χ2n) is 4.74. The highest BCUT2D eigenvalue weighted by Crippen LogP contribution is 2.35. The highest BCUT2D eigenvalue weighted by Gasteiger charge is 2.21. The lowest BCUT2D eigenvalue weighted by atomic mass is 9.94. The summed E-state index contributed by atoms with van der Waals surface area (Å²) in [7, 11) is 0. The van der Waals surface area contributed by atoms with Gasteiger partial charge in [0.05, 0.1) is 5.38 Å². The van der Waals surface area contributed by atoms with Crippen LogP contribution in [0.15, 0.2) is 36.4 Å². The van der Waals surface area contributed by atoms with E-state index >= 15 is 0 Å². The molecule has 0 heterocycles. The van der Waals surface area contributed by atoms with E-state index in [1.54, 1.807) is 0 Å². The van der Waals surface area contributed by atoms with Crippen LogP contribution in [0.25, 0.3) is 0 Å². The first-order valence-electron chi connectivity index (χ1n) is 6.78. The van der Waals surface area contributed by atoms with Gasteiger partial charge < -0.3 is 0 Å². The molecule has 0 aliphatic heterocycles.